The summed E-state index contributed by atoms with van der Waals surface area (Å²) in [6.07, 6.45) is 2.66. The van der Waals surface area contributed by atoms with Crippen LogP contribution >= 0.6 is 11.3 Å². The van der Waals surface area contributed by atoms with Gasteiger partial charge in [0.2, 0.25) is 0 Å². The molecule has 0 radical (unpaired) electrons. The number of carboxylic acids is 1. The lowest BCUT2D eigenvalue weighted by molar-refractivity contribution is 0.0604. The van der Waals surface area contributed by atoms with Gasteiger partial charge in [-0.05, 0) is 44.4 Å². The van der Waals surface area contributed by atoms with Gasteiger partial charge in [-0.1, -0.05) is 0 Å². The van der Waals surface area contributed by atoms with Crippen molar-refractivity contribution >= 4 is 23.2 Å². The molecule has 7 heteroatoms. The van der Waals surface area contributed by atoms with Gasteiger partial charge in [-0.15, -0.1) is 11.3 Å². The summed E-state index contributed by atoms with van der Waals surface area (Å²) in [7, 11) is 0. The highest BCUT2D eigenvalue weighted by Gasteiger charge is 2.31. The van der Waals surface area contributed by atoms with Gasteiger partial charge in [0.05, 0.1) is 17.2 Å². The van der Waals surface area contributed by atoms with Gasteiger partial charge in [0.15, 0.2) is 0 Å². The molecule has 1 N–H and O–H groups in total. The minimum Gasteiger partial charge on any atom is -0.478 e. The Balaban J connectivity index is 1.91. The average molecular weight is 348 g/mol. The molecule has 2 aromatic rings. The van der Waals surface area contributed by atoms with Crippen molar-refractivity contribution in [3.8, 4) is 0 Å². The Hall–Kier alpha value is -2.28. The molecule has 0 bridgehead atoms. The van der Waals surface area contributed by atoms with E-state index in [0.29, 0.717) is 6.54 Å². The third-order valence-corrected chi connectivity index (χ3v) is 5.20. The zero-order chi connectivity index (χ0) is 17.3. The summed E-state index contributed by atoms with van der Waals surface area (Å²) >= 11 is 1.51. The highest BCUT2D eigenvalue weighted by molar-refractivity contribution is 7.09. The standard InChI is InChI=1S/C17H17FN2O3S/c1-10-9-24-15(19-10)14-4-2-3-7-20(14)16(21)12-6-5-11(17(22)23)8-13(12)18/h5-6,8-9,14H,2-4,7H2,1H3,(H,22,23). The van der Waals surface area contributed by atoms with Gasteiger partial charge < -0.3 is 10.0 Å². The summed E-state index contributed by atoms with van der Waals surface area (Å²) in [6.45, 7) is 2.45. The van der Waals surface area contributed by atoms with Gasteiger partial charge in [-0.2, -0.15) is 0 Å². The van der Waals surface area contributed by atoms with Gasteiger partial charge in [-0.25, -0.2) is 14.2 Å². The Morgan fingerprint density at radius 2 is 2.17 bits per heavy atom. The van der Waals surface area contributed by atoms with E-state index in [0.717, 1.165) is 36.0 Å². The number of aromatic carboxylic acids is 1. The second-order valence-corrected chi connectivity index (χ2v) is 6.73. The van der Waals surface area contributed by atoms with Gasteiger partial charge in [0, 0.05) is 17.6 Å². The first-order valence-electron chi connectivity index (χ1n) is 7.73. The van der Waals surface area contributed by atoms with Crippen LogP contribution in [0.1, 0.15) is 56.7 Å². The molecular weight excluding hydrogens is 331 g/mol. The van der Waals surface area contributed by atoms with E-state index < -0.39 is 17.7 Å². The summed E-state index contributed by atoms with van der Waals surface area (Å²) in [5.74, 6) is -2.44. The monoisotopic (exact) mass is 348 g/mol. The number of amides is 1. The fraction of sp³-hybridized carbons (Fsp3) is 0.353. The lowest BCUT2D eigenvalue weighted by Gasteiger charge is -2.34. The SMILES string of the molecule is Cc1csc(C2CCCCN2C(=O)c2ccc(C(=O)O)cc2F)n1. The molecule has 24 heavy (non-hydrogen) atoms. The van der Waals surface area contributed by atoms with Crippen molar-refractivity contribution in [3.63, 3.8) is 0 Å². The van der Waals surface area contributed by atoms with Crippen LogP contribution in [0.25, 0.3) is 0 Å². The lowest BCUT2D eigenvalue weighted by atomic mass is 10.0. The van der Waals surface area contributed by atoms with Crippen LogP contribution in [0.2, 0.25) is 0 Å². The molecule has 1 aromatic heterocycles. The second-order valence-electron chi connectivity index (χ2n) is 5.84. The molecule has 1 aliphatic heterocycles. The highest BCUT2D eigenvalue weighted by Crippen LogP contribution is 2.34. The van der Waals surface area contributed by atoms with E-state index in [2.05, 4.69) is 4.98 Å². The number of carbonyl (C=O) groups is 2. The molecule has 5 nitrogen and oxygen atoms in total. The number of piperidine rings is 1. The fourth-order valence-electron chi connectivity index (χ4n) is 2.93. The van der Waals surface area contributed by atoms with Crippen LogP contribution in [-0.2, 0) is 0 Å². The van der Waals surface area contributed by atoms with E-state index in [-0.39, 0.29) is 17.2 Å². The van der Waals surface area contributed by atoms with Crippen molar-refractivity contribution in [2.24, 2.45) is 0 Å². The van der Waals surface area contributed by atoms with Crippen LogP contribution in [0, 0.1) is 12.7 Å². The number of carbonyl (C=O) groups excluding carboxylic acids is 1. The largest absolute Gasteiger partial charge is 0.478 e. The molecule has 0 spiro atoms. The maximum atomic E-state index is 14.2. The topological polar surface area (TPSA) is 70.5 Å². The van der Waals surface area contributed by atoms with Crippen LogP contribution in [0.3, 0.4) is 0 Å². The van der Waals surface area contributed by atoms with Crippen LogP contribution in [0.5, 0.6) is 0 Å². The molecule has 1 amide bonds. The maximum Gasteiger partial charge on any atom is 0.335 e. The predicted molar refractivity (Wildman–Crippen MR) is 87.8 cm³/mol. The molecule has 2 heterocycles. The maximum absolute atomic E-state index is 14.2. The summed E-state index contributed by atoms with van der Waals surface area (Å²) in [5.41, 5.74) is 0.639. The summed E-state index contributed by atoms with van der Waals surface area (Å²) in [5, 5.41) is 11.7. The minimum atomic E-state index is -1.22. The quantitative estimate of drug-likeness (QED) is 0.919. The Morgan fingerprint density at radius 3 is 2.79 bits per heavy atom. The fourth-order valence-corrected chi connectivity index (χ4v) is 3.88. The first-order valence-corrected chi connectivity index (χ1v) is 8.61. The lowest BCUT2D eigenvalue weighted by Crippen LogP contribution is -2.39. The van der Waals surface area contributed by atoms with Gasteiger partial charge in [-0.3, -0.25) is 4.79 Å². The van der Waals surface area contributed by atoms with Gasteiger partial charge in [0.25, 0.3) is 5.91 Å². The predicted octanol–water partition coefficient (Wildman–Crippen LogP) is 3.66. The molecule has 1 saturated heterocycles. The molecule has 0 saturated carbocycles. The number of rotatable bonds is 3. The number of thiazole rings is 1. The number of carboxylic acid groups (broad SMARTS) is 1. The number of benzene rings is 1. The van der Waals surface area contributed by atoms with Crippen molar-refractivity contribution in [2.45, 2.75) is 32.2 Å². The van der Waals surface area contributed by atoms with E-state index in [1.807, 2.05) is 12.3 Å². The molecule has 1 fully saturated rings. The van der Waals surface area contributed by atoms with Crippen molar-refractivity contribution in [2.75, 3.05) is 6.54 Å². The number of hydrogen-bond acceptors (Lipinski definition) is 4. The van der Waals surface area contributed by atoms with Crippen LogP contribution in [0.4, 0.5) is 4.39 Å². The Kier molecular flexibility index (Phi) is 4.62. The Bertz CT molecular complexity index is 790. The van der Waals surface area contributed by atoms with Gasteiger partial charge in [0.1, 0.15) is 10.8 Å². The summed E-state index contributed by atoms with van der Waals surface area (Å²) in [6, 6.07) is 3.25. The zero-order valence-electron chi connectivity index (χ0n) is 13.2. The van der Waals surface area contributed by atoms with Crippen LogP contribution < -0.4 is 0 Å². The molecule has 3 rings (SSSR count). The molecule has 1 unspecified atom stereocenters. The number of hydrogen-bond donors (Lipinski definition) is 1. The van der Waals surface area contributed by atoms with Crippen molar-refractivity contribution < 1.29 is 19.1 Å². The molecule has 1 aromatic carbocycles. The molecule has 1 atom stereocenters. The van der Waals surface area contributed by atoms with E-state index >= 15 is 0 Å². The smallest absolute Gasteiger partial charge is 0.335 e. The Labute approximate surface area is 142 Å². The number of halogens is 1. The molecule has 126 valence electrons. The van der Waals surface area contributed by atoms with Crippen molar-refractivity contribution in [1.82, 2.24) is 9.88 Å². The second kappa shape index (κ2) is 6.68. The molecule has 1 aliphatic rings. The Morgan fingerprint density at radius 1 is 1.38 bits per heavy atom. The first kappa shape index (κ1) is 16.6. The van der Waals surface area contributed by atoms with E-state index in [1.54, 1.807) is 4.90 Å². The van der Waals surface area contributed by atoms with E-state index in [1.165, 1.54) is 23.5 Å². The van der Waals surface area contributed by atoms with E-state index in [9.17, 15) is 14.0 Å². The molecular formula is C17H17FN2O3S. The minimum absolute atomic E-state index is 0.0971. The third kappa shape index (κ3) is 3.17. The average Bonchev–Trinajstić information content (AvgIpc) is 3.00. The number of aryl methyl sites for hydroxylation is 1. The van der Waals surface area contributed by atoms with Crippen molar-refractivity contribution in [3.05, 3.63) is 51.2 Å². The highest BCUT2D eigenvalue weighted by atomic mass is 32.1. The van der Waals surface area contributed by atoms with Crippen LogP contribution in [-0.4, -0.2) is 33.4 Å². The number of likely N-dealkylation sites (tertiary alicyclic amines) is 1. The summed E-state index contributed by atoms with van der Waals surface area (Å²) < 4.78 is 14.2. The molecule has 0 aliphatic carbocycles. The zero-order valence-corrected chi connectivity index (χ0v) is 14.0. The van der Waals surface area contributed by atoms with E-state index in [4.69, 9.17) is 5.11 Å². The normalized spacial score (nSPS) is 17.8. The number of aromatic nitrogens is 1. The van der Waals surface area contributed by atoms with Gasteiger partial charge >= 0.3 is 5.97 Å². The first-order chi connectivity index (χ1) is 11.5. The van der Waals surface area contributed by atoms with Crippen molar-refractivity contribution in [1.29, 1.82) is 0 Å². The third-order valence-electron chi connectivity index (χ3n) is 4.13. The summed E-state index contributed by atoms with van der Waals surface area (Å²) in [4.78, 5) is 29.8. The van der Waals surface area contributed by atoms with Crippen LogP contribution in [0.15, 0.2) is 23.6 Å². The number of nitrogens with zero attached hydrogens (tertiary/aromatic N) is 2.